The molecular weight excluding hydrogens is 454 g/mol. The van der Waals surface area contributed by atoms with Crippen molar-refractivity contribution < 1.29 is 17.7 Å². The number of hydrogen-bond donors (Lipinski definition) is 2. The number of pyridine rings is 1. The standard InChI is InChI=1S/C25H26F2N6O2/c1-28-23(35)19-4-5-20(21(27)29-19)32-8-6-15(7-9-32)33-13-25(11-16(33)12-25)24-30-18-3-2-14(26)10-17(18)22(34)31-24/h2-5,10,15-16H,6-9,11-13H2,1H3,(H,28,35)(H,30,31,34)/i1D3. The number of carbonyl (C=O) groups is 1. The molecule has 0 spiro atoms. The molecule has 8 nitrogen and oxygen atoms in total. The summed E-state index contributed by atoms with van der Waals surface area (Å²) in [6.07, 6.45) is 3.44. The monoisotopic (exact) mass is 483 g/mol. The largest absolute Gasteiger partial charge is 0.368 e. The fourth-order valence-corrected chi connectivity index (χ4v) is 6.03. The number of nitrogens with zero attached hydrogens (tertiary/aromatic N) is 4. The van der Waals surface area contributed by atoms with Crippen LogP contribution in [-0.2, 0) is 5.41 Å². The maximum absolute atomic E-state index is 14.8. The molecule has 0 atom stereocenters. The second kappa shape index (κ2) is 8.08. The molecule has 10 heteroatoms. The van der Waals surface area contributed by atoms with Gasteiger partial charge < -0.3 is 15.2 Å². The normalized spacial score (nSPS) is 26.2. The van der Waals surface area contributed by atoms with Crippen molar-refractivity contribution in [1.82, 2.24) is 25.2 Å². The number of piperidine rings is 1. The molecule has 0 radical (unpaired) electrons. The van der Waals surface area contributed by atoms with E-state index in [1.807, 2.05) is 10.2 Å². The van der Waals surface area contributed by atoms with Crippen LogP contribution in [0.15, 0.2) is 35.1 Å². The number of aromatic amines is 1. The number of hydrogen-bond acceptors (Lipinski definition) is 6. The van der Waals surface area contributed by atoms with E-state index < -0.39 is 24.6 Å². The highest BCUT2D eigenvalue weighted by Gasteiger charge is 2.59. The lowest BCUT2D eigenvalue weighted by Gasteiger charge is -2.40. The third-order valence-corrected chi connectivity index (χ3v) is 7.83. The Balaban J connectivity index is 1.11. The van der Waals surface area contributed by atoms with Gasteiger partial charge in [-0.3, -0.25) is 14.5 Å². The predicted octanol–water partition coefficient (Wildman–Crippen LogP) is 2.34. The lowest BCUT2D eigenvalue weighted by molar-refractivity contribution is 0.0957. The van der Waals surface area contributed by atoms with E-state index in [2.05, 4.69) is 19.9 Å². The van der Waals surface area contributed by atoms with Crippen LogP contribution in [0.4, 0.5) is 14.5 Å². The molecule has 2 N–H and O–H groups in total. The maximum Gasteiger partial charge on any atom is 0.269 e. The first kappa shape index (κ1) is 18.9. The molecule has 35 heavy (non-hydrogen) atoms. The Bertz CT molecular complexity index is 1480. The second-order valence-corrected chi connectivity index (χ2v) is 9.77. The van der Waals surface area contributed by atoms with Crippen LogP contribution in [0.1, 0.15) is 46.1 Å². The van der Waals surface area contributed by atoms with Crippen LogP contribution in [0, 0.1) is 11.8 Å². The number of anilines is 1. The summed E-state index contributed by atoms with van der Waals surface area (Å²) >= 11 is 0. The highest BCUT2D eigenvalue weighted by atomic mass is 19.1. The SMILES string of the molecule is [2H]C([2H])([2H])NC(=O)c1ccc(N2CCC(N3CC4(c5nc6ccc(F)cc6c(=O)[nH]5)CC3C4)CC2)c(F)n1. The Hall–Kier alpha value is -3.40. The van der Waals surface area contributed by atoms with E-state index in [-0.39, 0.29) is 27.7 Å². The number of fused-ring (bicyclic) bond motifs is 2. The summed E-state index contributed by atoms with van der Waals surface area (Å²) in [5.74, 6) is -1.57. The highest BCUT2D eigenvalue weighted by molar-refractivity contribution is 5.92. The first-order valence-electron chi connectivity index (χ1n) is 13.2. The molecule has 0 unspecified atom stereocenters. The smallest absolute Gasteiger partial charge is 0.269 e. The van der Waals surface area contributed by atoms with Gasteiger partial charge in [0, 0.05) is 48.2 Å². The summed E-state index contributed by atoms with van der Waals surface area (Å²) in [7, 11) is 0. The van der Waals surface area contributed by atoms with Crippen LogP contribution in [0.5, 0.6) is 0 Å². The van der Waals surface area contributed by atoms with Crippen molar-refractivity contribution in [2.45, 2.75) is 43.2 Å². The average Bonchev–Trinajstić information content (AvgIpc) is 3.41. The minimum Gasteiger partial charge on any atom is -0.368 e. The number of aromatic nitrogens is 3. The molecule has 4 fully saturated rings. The van der Waals surface area contributed by atoms with Gasteiger partial charge in [0.25, 0.3) is 11.5 Å². The number of benzene rings is 1. The first-order valence-corrected chi connectivity index (χ1v) is 11.7. The minimum absolute atomic E-state index is 0.218. The van der Waals surface area contributed by atoms with Gasteiger partial charge in [0.05, 0.1) is 16.6 Å². The van der Waals surface area contributed by atoms with Gasteiger partial charge in [-0.2, -0.15) is 4.39 Å². The zero-order chi connectivity index (χ0) is 26.8. The number of carbonyl (C=O) groups excluding carboxylic acids is 1. The first-order chi connectivity index (χ1) is 18.0. The van der Waals surface area contributed by atoms with E-state index in [0.717, 1.165) is 32.2 Å². The number of rotatable bonds is 4. The van der Waals surface area contributed by atoms with Crippen LogP contribution in [0.3, 0.4) is 0 Å². The summed E-state index contributed by atoms with van der Waals surface area (Å²) in [6.45, 7) is -0.682. The third-order valence-electron chi connectivity index (χ3n) is 7.83. The van der Waals surface area contributed by atoms with E-state index in [9.17, 15) is 18.4 Å². The van der Waals surface area contributed by atoms with Crippen molar-refractivity contribution in [2.24, 2.45) is 0 Å². The molecule has 2 bridgehead atoms. The van der Waals surface area contributed by atoms with Gasteiger partial charge in [-0.15, -0.1) is 0 Å². The van der Waals surface area contributed by atoms with Gasteiger partial charge in [0.15, 0.2) is 0 Å². The van der Waals surface area contributed by atoms with Crippen molar-refractivity contribution in [2.75, 3.05) is 31.5 Å². The summed E-state index contributed by atoms with van der Waals surface area (Å²) in [4.78, 5) is 40.2. The fourth-order valence-electron chi connectivity index (χ4n) is 6.03. The Morgan fingerprint density at radius 1 is 1.17 bits per heavy atom. The van der Waals surface area contributed by atoms with Crippen LogP contribution in [0.2, 0.25) is 0 Å². The zero-order valence-electron chi connectivity index (χ0n) is 21.9. The van der Waals surface area contributed by atoms with Crippen molar-refractivity contribution >= 4 is 22.5 Å². The highest BCUT2D eigenvalue weighted by Crippen LogP contribution is 2.53. The van der Waals surface area contributed by atoms with Crippen molar-refractivity contribution in [3.63, 3.8) is 0 Å². The Morgan fingerprint density at radius 2 is 1.97 bits per heavy atom. The third kappa shape index (κ3) is 3.58. The van der Waals surface area contributed by atoms with Crippen LogP contribution in [0.25, 0.3) is 10.9 Å². The number of amides is 1. The van der Waals surface area contributed by atoms with Crippen LogP contribution < -0.4 is 15.8 Å². The van der Waals surface area contributed by atoms with Crippen molar-refractivity contribution in [3.05, 3.63) is 64.0 Å². The summed E-state index contributed by atoms with van der Waals surface area (Å²) in [5, 5.41) is 2.06. The Morgan fingerprint density at radius 3 is 2.71 bits per heavy atom. The van der Waals surface area contributed by atoms with Gasteiger partial charge in [-0.1, -0.05) is 0 Å². The molecule has 3 saturated heterocycles. The Labute approximate surface area is 204 Å². The molecule has 182 valence electrons. The minimum atomic E-state index is -2.68. The zero-order valence-corrected chi connectivity index (χ0v) is 18.9. The summed E-state index contributed by atoms with van der Waals surface area (Å²) in [6, 6.07) is 7.56. The topological polar surface area (TPSA) is 94.2 Å². The van der Waals surface area contributed by atoms with Crippen molar-refractivity contribution in [3.8, 4) is 0 Å². The summed E-state index contributed by atoms with van der Waals surface area (Å²) in [5.41, 5.74) is -0.0562. The van der Waals surface area contributed by atoms with Crippen LogP contribution >= 0.6 is 0 Å². The van der Waals surface area contributed by atoms with Crippen LogP contribution in [-0.4, -0.2) is 64.5 Å². The van der Waals surface area contributed by atoms with E-state index in [1.54, 1.807) is 6.07 Å². The lowest BCUT2D eigenvalue weighted by atomic mass is 9.69. The van der Waals surface area contributed by atoms with E-state index in [0.29, 0.717) is 36.5 Å². The quantitative estimate of drug-likeness (QED) is 0.554. The van der Waals surface area contributed by atoms with E-state index in [1.165, 1.54) is 24.3 Å². The maximum atomic E-state index is 14.8. The molecule has 4 aliphatic rings. The number of halogens is 2. The van der Waals surface area contributed by atoms with E-state index in [4.69, 9.17) is 4.11 Å². The second-order valence-electron chi connectivity index (χ2n) is 9.77. The summed E-state index contributed by atoms with van der Waals surface area (Å²) < 4.78 is 49.7. The molecule has 5 heterocycles. The fraction of sp³-hybridized carbons (Fsp3) is 0.440. The van der Waals surface area contributed by atoms with Crippen molar-refractivity contribution in [1.29, 1.82) is 0 Å². The molecule has 7 rings (SSSR count). The van der Waals surface area contributed by atoms with Gasteiger partial charge >= 0.3 is 0 Å². The van der Waals surface area contributed by atoms with Gasteiger partial charge in [0.2, 0.25) is 5.95 Å². The molecule has 1 aromatic carbocycles. The number of H-pyrrole nitrogens is 1. The molecule has 1 aliphatic carbocycles. The Kier molecular flexibility index (Phi) is 4.36. The van der Waals surface area contributed by atoms with Gasteiger partial charge in [-0.25, -0.2) is 14.4 Å². The van der Waals surface area contributed by atoms with E-state index >= 15 is 0 Å². The molecule has 2 aromatic heterocycles. The molecule has 1 amide bonds. The lowest BCUT2D eigenvalue weighted by Crippen LogP contribution is -2.46. The van der Waals surface area contributed by atoms with Gasteiger partial charge in [-0.05, 0) is 56.0 Å². The molecule has 3 aliphatic heterocycles. The molecule has 3 aromatic rings. The molecule has 1 saturated carbocycles. The molecular formula is C25H26F2N6O2. The predicted molar refractivity (Wildman–Crippen MR) is 127 cm³/mol. The van der Waals surface area contributed by atoms with Gasteiger partial charge in [0.1, 0.15) is 17.3 Å². The number of nitrogens with one attached hydrogen (secondary N) is 2. The average molecular weight is 484 g/mol.